The van der Waals surface area contributed by atoms with Crippen molar-refractivity contribution in [3.63, 3.8) is 0 Å². The number of benzene rings is 2. The second-order valence-electron chi connectivity index (χ2n) is 7.51. The van der Waals surface area contributed by atoms with Crippen molar-refractivity contribution in [2.75, 3.05) is 4.72 Å². The van der Waals surface area contributed by atoms with Crippen molar-refractivity contribution in [1.82, 2.24) is 19.1 Å². The van der Waals surface area contributed by atoms with Gasteiger partial charge in [-0.1, -0.05) is 30.3 Å². The summed E-state index contributed by atoms with van der Waals surface area (Å²) >= 11 is 0. The Hall–Kier alpha value is -3.66. The zero-order valence-electron chi connectivity index (χ0n) is 17.8. The number of aromatic nitrogens is 4. The molecule has 0 bridgehead atoms. The fourth-order valence-corrected chi connectivity index (χ4v) is 4.78. The van der Waals surface area contributed by atoms with Crippen LogP contribution in [0.3, 0.4) is 0 Å². The van der Waals surface area contributed by atoms with Gasteiger partial charge in [0, 0.05) is 31.4 Å². The molecule has 0 aliphatic rings. The van der Waals surface area contributed by atoms with E-state index in [1.165, 1.54) is 22.9 Å². The molecule has 32 heavy (non-hydrogen) atoms. The zero-order chi connectivity index (χ0) is 23.0. The van der Waals surface area contributed by atoms with Gasteiger partial charge in [-0.2, -0.15) is 5.10 Å². The van der Waals surface area contributed by atoms with Crippen LogP contribution in [0.15, 0.2) is 65.7 Å². The average molecular weight is 456 g/mol. The highest BCUT2D eigenvalue weighted by molar-refractivity contribution is 7.91. The Labute approximate surface area is 184 Å². The molecule has 4 aromatic rings. The van der Waals surface area contributed by atoms with Crippen molar-refractivity contribution in [1.29, 1.82) is 0 Å². The molecule has 1 N–H and O–H groups in total. The number of hydrogen-bond acceptors (Lipinski definition) is 4. The summed E-state index contributed by atoms with van der Waals surface area (Å²) in [5, 5.41) is 4.17. The van der Waals surface area contributed by atoms with Crippen LogP contribution in [0, 0.1) is 12.7 Å². The lowest BCUT2D eigenvalue weighted by molar-refractivity contribution is 0.591. The molecule has 10 heteroatoms. The number of anilines is 1. The summed E-state index contributed by atoms with van der Waals surface area (Å²) in [6, 6.07) is 12.9. The molecule has 0 saturated heterocycles. The van der Waals surface area contributed by atoms with Crippen LogP contribution in [-0.2, 0) is 29.9 Å². The fraction of sp³-hybridized carbons (Fsp3) is 0.182. The lowest BCUT2D eigenvalue weighted by Crippen LogP contribution is -2.24. The molecule has 8 nitrogen and oxygen atoms in total. The second-order valence-corrected chi connectivity index (χ2v) is 9.23. The molecule has 2 heterocycles. The smallest absolute Gasteiger partial charge is 0.283 e. The normalized spacial score (nSPS) is 11.6. The number of rotatable bonds is 6. The summed E-state index contributed by atoms with van der Waals surface area (Å²) in [6.45, 7) is 1.64. The summed E-state index contributed by atoms with van der Waals surface area (Å²) in [7, 11) is -0.531. The Balaban J connectivity index is 1.71. The lowest BCUT2D eigenvalue weighted by Gasteiger charge is -2.09. The predicted octanol–water partition coefficient (Wildman–Crippen LogP) is 2.97. The highest BCUT2D eigenvalue weighted by Crippen LogP contribution is 2.23. The van der Waals surface area contributed by atoms with Crippen molar-refractivity contribution in [3.05, 3.63) is 88.4 Å². The molecule has 0 spiro atoms. The first kappa shape index (κ1) is 21.6. The van der Waals surface area contributed by atoms with Crippen LogP contribution in [0.4, 0.5) is 10.1 Å². The number of sulfonamides is 1. The molecule has 0 atom stereocenters. The highest BCUT2D eigenvalue weighted by Gasteiger charge is 2.22. The Morgan fingerprint density at radius 3 is 2.50 bits per heavy atom. The molecule has 0 radical (unpaired) electrons. The predicted molar refractivity (Wildman–Crippen MR) is 121 cm³/mol. The Morgan fingerprint density at radius 2 is 1.81 bits per heavy atom. The van der Waals surface area contributed by atoms with Crippen molar-refractivity contribution in [2.45, 2.75) is 12.7 Å². The molecule has 0 saturated carbocycles. The van der Waals surface area contributed by atoms with Crippen molar-refractivity contribution >= 4 is 15.7 Å². The van der Waals surface area contributed by atoms with Crippen LogP contribution in [0.1, 0.15) is 11.3 Å². The van der Waals surface area contributed by atoms with E-state index in [2.05, 4.69) is 9.82 Å². The monoisotopic (exact) mass is 455 g/mol. The van der Waals surface area contributed by atoms with Gasteiger partial charge in [-0.15, -0.1) is 0 Å². The maximum atomic E-state index is 13.9. The Kier molecular flexibility index (Phi) is 5.47. The van der Waals surface area contributed by atoms with Gasteiger partial charge in [0.1, 0.15) is 11.5 Å². The average Bonchev–Trinajstić information content (AvgIpc) is 3.27. The number of nitrogens with one attached hydrogen (secondary N) is 1. The van der Waals surface area contributed by atoms with Gasteiger partial charge in [0.05, 0.1) is 23.3 Å². The molecule has 2 aromatic heterocycles. The van der Waals surface area contributed by atoms with E-state index in [1.807, 2.05) is 31.4 Å². The molecular weight excluding hydrogens is 433 g/mol. The summed E-state index contributed by atoms with van der Waals surface area (Å²) in [6.07, 6.45) is 3.58. The van der Waals surface area contributed by atoms with E-state index in [0.717, 1.165) is 11.1 Å². The van der Waals surface area contributed by atoms with E-state index in [-0.39, 0.29) is 11.3 Å². The summed E-state index contributed by atoms with van der Waals surface area (Å²) in [4.78, 5) is 13.2. The van der Waals surface area contributed by atoms with E-state index < -0.39 is 27.2 Å². The van der Waals surface area contributed by atoms with Crippen LogP contribution in [0.25, 0.3) is 16.8 Å². The SMILES string of the molecule is Cc1c(NS(=O)(=O)Cc2ccccc2F)c(=O)n(-c2cccc(-c3cnn(C)c3)c2)n1C. The third kappa shape index (κ3) is 4.09. The molecular formula is C22H22FN5O3S. The number of halogens is 1. The quantitative estimate of drug-likeness (QED) is 0.484. The first-order valence-electron chi connectivity index (χ1n) is 9.78. The first-order valence-corrected chi connectivity index (χ1v) is 11.4. The number of nitrogens with zero attached hydrogens (tertiary/aromatic N) is 4. The van der Waals surface area contributed by atoms with Gasteiger partial charge in [-0.3, -0.25) is 18.9 Å². The molecule has 0 aliphatic carbocycles. The molecule has 166 valence electrons. The van der Waals surface area contributed by atoms with Gasteiger partial charge in [0.2, 0.25) is 10.0 Å². The molecule has 2 aromatic carbocycles. The van der Waals surface area contributed by atoms with Gasteiger partial charge in [0.15, 0.2) is 0 Å². The standard InChI is InChI=1S/C22H22FN5O3S/c1-15-21(25-32(30,31)14-17-7-4-5-10-20(17)23)22(29)28(27(15)3)19-9-6-8-16(11-19)18-12-24-26(2)13-18/h4-13,25H,14H2,1-3H3. The van der Waals surface area contributed by atoms with E-state index >= 15 is 0 Å². The van der Waals surface area contributed by atoms with E-state index in [9.17, 15) is 17.6 Å². The highest BCUT2D eigenvalue weighted by atomic mass is 32.2. The third-order valence-electron chi connectivity index (χ3n) is 5.24. The molecule has 0 fully saturated rings. The maximum absolute atomic E-state index is 13.9. The second kappa shape index (κ2) is 8.12. The van der Waals surface area contributed by atoms with Crippen molar-refractivity contribution in [3.8, 4) is 16.8 Å². The van der Waals surface area contributed by atoms with Crippen LogP contribution in [-0.4, -0.2) is 27.6 Å². The topological polar surface area (TPSA) is 90.9 Å². The molecule has 0 amide bonds. The maximum Gasteiger partial charge on any atom is 0.296 e. The molecule has 4 rings (SSSR count). The van der Waals surface area contributed by atoms with E-state index in [0.29, 0.717) is 11.4 Å². The van der Waals surface area contributed by atoms with Crippen LogP contribution in [0.5, 0.6) is 0 Å². The molecule has 0 unspecified atom stereocenters. The van der Waals surface area contributed by atoms with Crippen LogP contribution in [0.2, 0.25) is 0 Å². The minimum absolute atomic E-state index is 0.0260. The van der Waals surface area contributed by atoms with Crippen LogP contribution < -0.4 is 10.3 Å². The van der Waals surface area contributed by atoms with Gasteiger partial charge >= 0.3 is 0 Å². The minimum Gasteiger partial charge on any atom is -0.283 e. The van der Waals surface area contributed by atoms with E-state index in [1.54, 1.807) is 41.7 Å². The largest absolute Gasteiger partial charge is 0.296 e. The zero-order valence-corrected chi connectivity index (χ0v) is 18.6. The summed E-state index contributed by atoms with van der Waals surface area (Å²) < 4.78 is 46.3. The number of aryl methyl sites for hydroxylation is 1. The van der Waals surface area contributed by atoms with Gasteiger partial charge < -0.3 is 0 Å². The van der Waals surface area contributed by atoms with Gasteiger partial charge in [-0.25, -0.2) is 17.5 Å². The Morgan fingerprint density at radius 1 is 1.06 bits per heavy atom. The summed E-state index contributed by atoms with van der Waals surface area (Å²) in [5.41, 5.74) is 2.18. The van der Waals surface area contributed by atoms with Gasteiger partial charge in [-0.05, 0) is 30.7 Å². The van der Waals surface area contributed by atoms with Gasteiger partial charge in [0.25, 0.3) is 5.56 Å². The van der Waals surface area contributed by atoms with Crippen LogP contribution >= 0.6 is 0 Å². The molecule has 0 aliphatic heterocycles. The lowest BCUT2D eigenvalue weighted by atomic mass is 10.1. The summed E-state index contributed by atoms with van der Waals surface area (Å²) in [5.74, 6) is -1.20. The number of hydrogen-bond donors (Lipinski definition) is 1. The van der Waals surface area contributed by atoms with E-state index in [4.69, 9.17) is 0 Å². The minimum atomic E-state index is -4.02. The Bertz CT molecular complexity index is 1470. The van der Waals surface area contributed by atoms with Crippen molar-refractivity contribution in [2.24, 2.45) is 14.1 Å². The fourth-order valence-electron chi connectivity index (χ4n) is 3.52. The first-order chi connectivity index (χ1) is 15.2. The van der Waals surface area contributed by atoms with Crippen molar-refractivity contribution < 1.29 is 12.8 Å². The third-order valence-corrected chi connectivity index (χ3v) is 6.45.